The van der Waals surface area contributed by atoms with E-state index in [-0.39, 0.29) is 0 Å². The van der Waals surface area contributed by atoms with Crippen molar-refractivity contribution in [2.24, 2.45) is 0 Å². The largest absolute Gasteiger partial charge is 0.439 e. The fraction of sp³-hybridized carbons (Fsp3) is 0.136. The molecule has 7 nitrogen and oxygen atoms in total. The molecule has 8 heteroatoms. The normalized spacial score (nSPS) is 14.3. The Morgan fingerprint density at radius 1 is 1.07 bits per heavy atom. The third-order valence-electron chi connectivity index (χ3n) is 4.65. The SMILES string of the molecule is CC(=N)/C(C)=C1\C(=N)Sc2c(NCc3ccc(Oc4ccccn4)cc3)ncnc21. The van der Waals surface area contributed by atoms with Crippen LogP contribution in [0.25, 0.3) is 5.57 Å². The number of nitrogens with one attached hydrogen (secondary N) is 3. The molecule has 0 aliphatic carbocycles. The molecule has 0 amide bonds. The van der Waals surface area contributed by atoms with Gasteiger partial charge < -0.3 is 15.5 Å². The predicted molar refractivity (Wildman–Crippen MR) is 120 cm³/mol. The first-order chi connectivity index (χ1) is 14.5. The average Bonchev–Trinajstić information content (AvgIpc) is 3.09. The maximum absolute atomic E-state index is 8.32. The topological polar surface area (TPSA) is 108 Å². The molecule has 3 heterocycles. The summed E-state index contributed by atoms with van der Waals surface area (Å²) < 4.78 is 5.72. The highest BCUT2D eigenvalue weighted by Gasteiger charge is 2.29. The zero-order chi connectivity index (χ0) is 21.1. The number of aromatic nitrogens is 3. The smallest absolute Gasteiger partial charge is 0.219 e. The number of hydrogen-bond donors (Lipinski definition) is 3. The van der Waals surface area contributed by atoms with Crippen LogP contribution in [0, 0.1) is 10.8 Å². The number of rotatable bonds is 6. The molecule has 0 saturated carbocycles. The van der Waals surface area contributed by atoms with Gasteiger partial charge in [-0.3, -0.25) is 5.41 Å². The number of hydrogen-bond acceptors (Lipinski definition) is 8. The van der Waals surface area contributed by atoms with Crippen LogP contribution in [0.2, 0.25) is 0 Å². The Bertz CT molecular complexity index is 1140. The molecule has 0 spiro atoms. The summed E-state index contributed by atoms with van der Waals surface area (Å²) in [5.74, 6) is 1.96. The molecule has 2 aromatic heterocycles. The van der Waals surface area contributed by atoms with Gasteiger partial charge >= 0.3 is 0 Å². The first-order valence-corrected chi connectivity index (χ1v) is 10.1. The van der Waals surface area contributed by atoms with E-state index in [2.05, 4.69) is 20.3 Å². The number of fused-ring (bicyclic) bond motifs is 1. The van der Waals surface area contributed by atoms with E-state index in [1.54, 1.807) is 13.1 Å². The van der Waals surface area contributed by atoms with Crippen LogP contribution >= 0.6 is 11.8 Å². The van der Waals surface area contributed by atoms with E-state index < -0.39 is 0 Å². The Hall–Kier alpha value is -3.52. The van der Waals surface area contributed by atoms with Gasteiger partial charge in [-0.2, -0.15) is 0 Å². The van der Waals surface area contributed by atoms with Crippen molar-refractivity contribution in [1.82, 2.24) is 15.0 Å². The Kier molecular flexibility index (Phi) is 5.58. The number of benzene rings is 1. The first-order valence-electron chi connectivity index (χ1n) is 9.33. The fourth-order valence-corrected chi connectivity index (χ4v) is 3.99. The Balaban J connectivity index is 1.48. The molecular weight excluding hydrogens is 396 g/mol. The van der Waals surface area contributed by atoms with E-state index in [0.29, 0.717) is 40.3 Å². The van der Waals surface area contributed by atoms with Crippen molar-refractivity contribution in [1.29, 1.82) is 10.8 Å². The number of thioether (sulfide) groups is 1. The molecule has 1 aromatic carbocycles. The molecule has 1 aliphatic rings. The summed E-state index contributed by atoms with van der Waals surface area (Å²) in [5.41, 5.74) is 3.69. The summed E-state index contributed by atoms with van der Waals surface area (Å²) in [6.07, 6.45) is 3.19. The third kappa shape index (κ3) is 4.08. The number of ether oxygens (including phenoxy) is 1. The quantitative estimate of drug-likeness (QED) is 0.478. The van der Waals surface area contributed by atoms with Crippen molar-refractivity contribution in [3.05, 3.63) is 71.8 Å². The Morgan fingerprint density at radius 3 is 2.57 bits per heavy atom. The summed E-state index contributed by atoms with van der Waals surface area (Å²) in [6, 6.07) is 13.3. The molecule has 1 aliphatic heterocycles. The van der Waals surface area contributed by atoms with E-state index in [1.165, 1.54) is 18.1 Å². The number of pyridine rings is 1. The average molecular weight is 417 g/mol. The van der Waals surface area contributed by atoms with Gasteiger partial charge in [0.1, 0.15) is 22.9 Å². The van der Waals surface area contributed by atoms with Gasteiger partial charge in [0.15, 0.2) is 0 Å². The number of anilines is 1. The molecule has 150 valence electrons. The minimum absolute atomic E-state index is 0.397. The van der Waals surface area contributed by atoms with Gasteiger partial charge in [-0.25, -0.2) is 15.0 Å². The van der Waals surface area contributed by atoms with Crippen LogP contribution in [0.3, 0.4) is 0 Å². The van der Waals surface area contributed by atoms with Crippen LogP contribution in [0.5, 0.6) is 11.6 Å². The molecule has 3 N–H and O–H groups in total. The van der Waals surface area contributed by atoms with E-state index in [1.807, 2.05) is 49.4 Å². The number of allylic oxidation sites excluding steroid dienone is 1. The molecule has 4 rings (SSSR count). The zero-order valence-corrected chi connectivity index (χ0v) is 17.4. The minimum atomic E-state index is 0.397. The van der Waals surface area contributed by atoms with E-state index in [4.69, 9.17) is 15.6 Å². The van der Waals surface area contributed by atoms with Crippen LogP contribution in [-0.4, -0.2) is 25.7 Å². The Labute approximate surface area is 178 Å². The van der Waals surface area contributed by atoms with Gasteiger partial charge in [0.2, 0.25) is 5.88 Å². The maximum Gasteiger partial charge on any atom is 0.219 e. The molecule has 0 unspecified atom stereocenters. The van der Waals surface area contributed by atoms with Crippen LogP contribution < -0.4 is 10.1 Å². The lowest BCUT2D eigenvalue weighted by Crippen LogP contribution is -2.05. The minimum Gasteiger partial charge on any atom is -0.439 e. The zero-order valence-electron chi connectivity index (χ0n) is 16.6. The molecule has 0 fully saturated rings. The van der Waals surface area contributed by atoms with Gasteiger partial charge in [0.25, 0.3) is 0 Å². The van der Waals surface area contributed by atoms with E-state index in [9.17, 15) is 0 Å². The lowest BCUT2D eigenvalue weighted by Gasteiger charge is -2.10. The molecule has 0 radical (unpaired) electrons. The predicted octanol–water partition coefficient (Wildman–Crippen LogP) is 5.17. The van der Waals surface area contributed by atoms with Crippen LogP contribution in [0.15, 0.2) is 65.5 Å². The standard InChI is InChI=1S/C22H20N6OS/c1-13(14(2)23)18-19-20(30-21(18)24)22(28-12-27-19)26-11-15-6-8-16(9-7-15)29-17-5-3-4-10-25-17/h3-10,12,23-24H,11H2,1-2H3,(H,26,27,28)/b18-13-,23-14?,24-21?. The van der Waals surface area contributed by atoms with Crippen LogP contribution in [0.1, 0.15) is 25.1 Å². The van der Waals surface area contributed by atoms with Crippen molar-refractivity contribution >= 4 is 33.9 Å². The third-order valence-corrected chi connectivity index (χ3v) is 5.65. The number of nitrogens with zero attached hydrogens (tertiary/aromatic N) is 3. The van der Waals surface area contributed by atoms with Crippen molar-refractivity contribution in [2.75, 3.05) is 5.32 Å². The molecule has 30 heavy (non-hydrogen) atoms. The van der Waals surface area contributed by atoms with Gasteiger partial charge in [-0.1, -0.05) is 30.0 Å². The second-order valence-corrected chi connectivity index (χ2v) is 7.74. The van der Waals surface area contributed by atoms with Gasteiger partial charge in [0.05, 0.1) is 10.6 Å². The van der Waals surface area contributed by atoms with Crippen molar-refractivity contribution < 1.29 is 4.74 Å². The summed E-state index contributed by atoms with van der Waals surface area (Å²) in [7, 11) is 0. The first kappa shape index (κ1) is 19.8. The van der Waals surface area contributed by atoms with Crippen molar-refractivity contribution in [3.8, 4) is 11.6 Å². The van der Waals surface area contributed by atoms with Crippen molar-refractivity contribution in [3.63, 3.8) is 0 Å². The maximum atomic E-state index is 8.32. The second-order valence-electron chi connectivity index (χ2n) is 6.72. The van der Waals surface area contributed by atoms with E-state index in [0.717, 1.165) is 21.8 Å². The highest BCUT2D eigenvalue weighted by molar-refractivity contribution is 8.15. The van der Waals surface area contributed by atoms with Gasteiger partial charge in [-0.05, 0) is 43.2 Å². The van der Waals surface area contributed by atoms with Crippen molar-refractivity contribution in [2.45, 2.75) is 25.3 Å². The lowest BCUT2D eigenvalue weighted by molar-refractivity contribution is 0.463. The molecule has 0 atom stereocenters. The summed E-state index contributed by atoms with van der Waals surface area (Å²) in [5, 5.41) is 20.0. The molecule has 3 aromatic rings. The summed E-state index contributed by atoms with van der Waals surface area (Å²) in [6.45, 7) is 4.15. The highest BCUT2D eigenvalue weighted by Crippen LogP contribution is 2.44. The molecular formula is C22H20N6OS. The lowest BCUT2D eigenvalue weighted by atomic mass is 10.0. The van der Waals surface area contributed by atoms with Crippen LogP contribution in [0.4, 0.5) is 5.82 Å². The van der Waals surface area contributed by atoms with E-state index >= 15 is 0 Å². The summed E-state index contributed by atoms with van der Waals surface area (Å²) in [4.78, 5) is 13.7. The Morgan fingerprint density at radius 2 is 1.87 bits per heavy atom. The van der Waals surface area contributed by atoms with Gasteiger partial charge in [0, 0.05) is 30.1 Å². The highest BCUT2D eigenvalue weighted by atomic mass is 32.2. The molecule has 0 bridgehead atoms. The fourth-order valence-electron chi connectivity index (χ4n) is 2.96. The monoisotopic (exact) mass is 416 g/mol. The molecule has 0 saturated heterocycles. The van der Waals surface area contributed by atoms with Crippen LogP contribution in [-0.2, 0) is 6.54 Å². The summed E-state index contributed by atoms with van der Waals surface area (Å²) >= 11 is 1.32. The van der Waals surface area contributed by atoms with Gasteiger partial charge in [-0.15, -0.1) is 0 Å². The second kappa shape index (κ2) is 8.46.